The Kier molecular flexibility index (Phi) is 5.02. The highest BCUT2D eigenvalue weighted by Gasteiger charge is 2.38. The highest BCUT2D eigenvalue weighted by Crippen LogP contribution is 2.32. The molecule has 6 nitrogen and oxygen atoms in total. The van der Waals surface area contributed by atoms with E-state index in [4.69, 9.17) is 0 Å². The summed E-state index contributed by atoms with van der Waals surface area (Å²) in [6, 6.07) is 4.53. The molecular formula is C19H25N5OS. The molecule has 0 spiro atoms. The fourth-order valence-corrected chi connectivity index (χ4v) is 5.15. The maximum absolute atomic E-state index is 13.0. The molecule has 138 valence electrons. The third kappa shape index (κ3) is 3.39. The number of hydrogen-bond acceptors (Lipinski definition) is 6. The lowest BCUT2D eigenvalue weighted by Crippen LogP contribution is -2.48. The Labute approximate surface area is 158 Å². The molecule has 4 heterocycles. The second kappa shape index (κ2) is 7.42. The molecule has 0 radical (unpaired) electrons. The summed E-state index contributed by atoms with van der Waals surface area (Å²) in [6.07, 6.45) is 5.91. The third-order valence-electron chi connectivity index (χ3n) is 5.51. The van der Waals surface area contributed by atoms with E-state index in [1.54, 1.807) is 0 Å². The van der Waals surface area contributed by atoms with Gasteiger partial charge in [0.15, 0.2) is 0 Å². The molecule has 0 saturated carbocycles. The van der Waals surface area contributed by atoms with Crippen LogP contribution in [-0.4, -0.2) is 46.5 Å². The lowest BCUT2D eigenvalue weighted by molar-refractivity contribution is 0.0648. The number of aryl methyl sites for hydroxylation is 2. The number of nitrogens with one attached hydrogen (secondary N) is 2. The summed E-state index contributed by atoms with van der Waals surface area (Å²) in [5.74, 6) is 0.991. The number of hydrazine groups is 1. The Bertz CT molecular complexity index is 777. The minimum absolute atomic E-state index is 0.143. The van der Waals surface area contributed by atoms with Crippen LogP contribution in [0.4, 0.5) is 0 Å². The molecule has 1 amide bonds. The molecule has 2 aliphatic rings. The van der Waals surface area contributed by atoms with Crippen LogP contribution in [0.1, 0.15) is 44.7 Å². The first kappa shape index (κ1) is 17.6. The zero-order valence-corrected chi connectivity index (χ0v) is 16.1. The number of pyridine rings is 1. The van der Waals surface area contributed by atoms with Gasteiger partial charge in [0.25, 0.3) is 5.91 Å². The molecule has 0 aliphatic carbocycles. The molecule has 7 heteroatoms. The van der Waals surface area contributed by atoms with Crippen LogP contribution in [0.3, 0.4) is 0 Å². The van der Waals surface area contributed by atoms with Crippen LogP contribution in [0.25, 0.3) is 0 Å². The SMILES string of the molecule is Cc1nc(C)c(C(=O)N2CCCC(C3NNCC3c3ccncc3)C2)s1. The Morgan fingerprint density at radius 1 is 1.31 bits per heavy atom. The van der Waals surface area contributed by atoms with Crippen LogP contribution in [0.5, 0.6) is 0 Å². The number of hydrogen-bond donors (Lipinski definition) is 2. The molecule has 26 heavy (non-hydrogen) atoms. The lowest BCUT2D eigenvalue weighted by atomic mass is 9.81. The summed E-state index contributed by atoms with van der Waals surface area (Å²) < 4.78 is 0. The number of piperidine rings is 1. The maximum Gasteiger partial charge on any atom is 0.265 e. The lowest BCUT2D eigenvalue weighted by Gasteiger charge is -2.37. The number of amides is 1. The van der Waals surface area contributed by atoms with E-state index in [0.717, 1.165) is 48.1 Å². The standard InChI is InChI=1S/C19H25N5OS/c1-12-18(26-13(2)22-12)19(25)24-9-3-4-15(11-24)17-16(10-21-23-17)14-5-7-20-8-6-14/h5-8,15-17,21,23H,3-4,9-11H2,1-2H3. The van der Waals surface area contributed by atoms with Gasteiger partial charge in [0, 0.05) is 44.0 Å². The Balaban J connectivity index is 1.49. The quantitative estimate of drug-likeness (QED) is 0.866. The zero-order valence-electron chi connectivity index (χ0n) is 15.2. The first-order chi connectivity index (χ1) is 12.6. The molecule has 2 N–H and O–H groups in total. The molecule has 3 unspecified atom stereocenters. The van der Waals surface area contributed by atoms with Gasteiger partial charge in [-0.15, -0.1) is 11.3 Å². The number of nitrogens with zero attached hydrogens (tertiary/aromatic N) is 3. The first-order valence-corrected chi connectivity index (χ1v) is 10.1. The highest BCUT2D eigenvalue weighted by molar-refractivity contribution is 7.13. The molecule has 0 bridgehead atoms. The first-order valence-electron chi connectivity index (χ1n) is 9.25. The molecular weight excluding hydrogens is 346 g/mol. The summed E-state index contributed by atoms with van der Waals surface area (Å²) in [5, 5.41) is 0.957. The van der Waals surface area contributed by atoms with Gasteiger partial charge in [0.1, 0.15) is 4.88 Å². The minimum atomic E-state index is 0.143. The van der Waals surface area contributed by atoms with Crippen LogP contribution in [0.15, 0.2) is 24.5 Å². The molecule has 3 atom stereocenters. The average Bonchev–Trinajstić information content (AvgIpc) is 3.28. The fraction of sp³-hybridized carbons (Fsp3) is 0.526. The van der Waals surface area contributed by atoms with Gasteiger partial charge in [-0.2, -0.15) is 0 Å². The van der Waals surface area contributed by atoms with Crippen LogP contribution in [-0.2, 0) is 0 Å². The third-order valence-corrected chi connectivity index (χ3v) is 6.57. The number of rotatable bonds is 3. The van der Waals surface area contributed by atoms with Gasteiger partial charge >= 0.3 is 0 Å². The van der Waals surface area contributed by atoms with Crippen LogP contribution in [0.2, 0.25) is 0 Å². The monoisotopic (exact) mass is 371 g/mol. The number of carbonyl (C=O) groups is 1. The van der Waals surface area contributed by atoms with Gasteiger partial charge in [0.05, 0.1) is 10.7 Å². The number of thiazole rings is 1. The summed E-state index contributed by atoms with van der Waals surface area (Å²) in [4.78, 5) is 24.4. The van der Waals surface area contributed by atoms with Gasteiger partial charge < -0.3 is 4.90 Å². The molecule has 2 aromatic heterocycles. The maximum atomic E-state index is 13.0. The van der Waals surface area contributed by atoms with E-state index in [1.807, 2.05) is 31.1 Å². The van der Waals surface area contributed by atoms with Crippen LogP contribution >= 0.6 is 11.3 Å². The van der Waals surface area contributed by atoms with Gasteiger partial charge in [-0.1, -0.05) is 0 Å². The van der Waals surface area contributed by atoms with Crippen LogP contribution in [0, 0.1) is 19.8 Å². The van der Waals surface area contributed by atoms with Crippen molar-refractivity contribution >= 4 is 17.2 Å². The van der Waals surface area contributed by atoms with Gasteiger partial charge in [-0.05, 0) is 50.3 Å². The van der Waals surface area contributed by atoms with Gasteiger partial charge in [-0.25, -0.2) is 4.98 Å². The Morgan fingerprint density at radius 3 is 2.85 bits per heavy atom. The van der Waals surface area contributed by atoms with Crippen molar-refractivity contribution in [2.75, 3.05) is 19.6 Å². The van der Waals surface area contributed by atoms with E-state index in [0.29, 0.717) is 17.9 Å². The normalized spacial score (nSPS) is 26.2. The van der Waals surface area contributed by atoms with Crippen molar-refractivity contribution in [3.63, 3.8) is 0 Å². The van der Waals surface area contributed by atoms with Gasteiger partial charge in [0.2, 0.25) is 0 Å². The smallest absolute Gasteiger partial charge is 0.265 e. The average molecular weight is 372 g/mol. The van der Waals surface area contributed by atoms with Crippen LogP contribution < -0.4 is 10.9 Å². The Hall–Kier alpha value is -1.83. The van der Waals surface area contributed by atoms with Crippen molar-refractivity contribution in [3.05, 3.63) is 45.7 Å². The van der Waals surface area contributed by atoms with E-state index in [-0.39, 0.29) is 5.91 Å². The van der Waals surface area contributed by atoms with E-state index in [2.05, 4.69) is 33.0 Å². The van der Waals surface area contributed by atoms with E-state index in [9.17, 15) is 4.79 Å². The second-order valence-corrected chi connectivity index (χ2v) is 8.44. The van der Waals surface area contributed by atoms with E-state index < -0.39 is 0 Å². The summed E-state index contributed by atoms with van der Waals surface area (Å²) in [5.41, 5.74) is 8.96. The van der Waals surface area contributed by atoms with E-state index in [1.165, 1.54) is 16.9 Å². The number of carbonyl (C=O) groups excluding carboxylic acids is 1. The summed E-state index contributed by atoms with van der Waals surface area (Å²) in [7, 11) is 0. The number of likely N-dealkylation sites (tertiary alicyclic amines) is 1. The fourth-order valence-electron chi connectivity index (χ4n) is 4.26. The zero-order chi connectivity index (χ0) is 18.1. The van der Waals surface area contributed by atoms with Crippen molar-refractivity contribution < 1.29 is 4.79 Å². The number of aromatic nitrogens is 2. The Morgan fingerprint density at radius 2 is 2.12 bits per heavy atom. The topological polar surface area (TPSA) is 70.2 Å². The molecule has 0 aromatic carbocycles. The van der Waals surface area contributed by atoms with Crippen molar-refractivity contribution in [2.45, 2.75) is 38.6 Å². The summed E-state index contributed by atoms with van der Waals surface area (Å²) >= 11 is 1.51. The largest absolute Gasteiger partial charge is 0.338 e. The predicted molar refractivity (Wildman–Crippen MR) is 102 cm³/mol. The van der Waals surface area contributed by atoms with Gasteiger partial charge in [-0.3, -0.25) is 20.6 Å². The van der Waals surface area contributed by atoms with Crippen molar-refractivity contribution in [2.24, 2.45) is 5.92 Å². The minimum Gasteiger partial charge on any atom is -0.338 e. The van der Waals surface area contributed by atoms with E-state index >= 15 is 0 Å². The van der Waals surface area contributed by atoms with Crippen molar-refractivity contribution in [3.8, 4) is 0 Å². The predicted octanol–water partition coefficient (Wildman–Crippen LogP) is 2.27. The molecule has 2 aliphatic heterocycles. The molecule has 2 aromatic rings. The van der Waals surface area contributed by atoms with Crippen molar-refractivity contribution in [1.82, 2.24) is 25.7 Å². The molecule has 2 saturated heterocycles. The molecule has 2 fully saturated rings. The molecule has 4 rings (SSSR count). The highest BCUT2D eigenvalue weighted by atomic mass is 32.1. The van der Waals surface area contributed by atoms with Crippen molar-refractivity contribution in [1.29, 1.82) is 0 Å². The second-order valence-electron chi connectivity index (χ2n) is 7.24. The summed E-state index contributed by atoms with van der Waals surface area (Å²) in [6.45, 7) is 6.44.